The molecule has 1 aromatic heterocycles. The Morgan fingerprint density at radius 3 is 2.88 bits per heavy atom. The van der Waals surface area contributed by atoms with E-state index in [1.165, 1.54) is 20.0 Å². The van der Waals surface area contributed by atoms with Crippen molar-refractivity contribution < 1.29 is 14.3 Å². The zero-order valence-electron chi connectivity index (χ0n) is 14.7. The van der Waals surface area contributed by atoms with Gasteiger partial charge in [0, 0.05) is 38.7 Å². The first-order chi connectivity index (χ1) is 12.2. The number of rotatable bonds is 6. The molecule has 1 aromatic rings. The van der Waals surface area contributed by atoms with Crippen molar-refractivity contribution in [1.29, 1.82) is 0 Å². The number of ether oxygens (including phenoxy) is 1. The molecule has 3 heterocycles. The molecule has 0 bridgehead atoms. The summed E-state index contributed by atoms with van der Waals surface area (Å²) in [5.41, 5.74) is 0.906. The summed E-state index contributed by atoms with van der Waals surface area (Å²) in [6, 6.07) is 0. The van der Waals surface area contributed by atoms with Crippen LogP contribution in [0.1, 0.15) is 31.4 Å². The highest BCUT2D eigenvalue weighted by Gasteiger charge is 2.28. The number of nitrogens with zero attached hydrogens (tertiary/aromatic N) is 3. The standard InChI is InChI=1S/C17H26N4O3S/c1-24-11-15(22)21-8-4-5-13(10-21)16(23)18-9-14-12-25-17(19-14)20-6-2-3-7-20/h12-13H,2-11H2,1H3,(H,18,23)/t13-/m1/s1. The molecule has 8 heteroatoms. The lowest BCUT2D eigenvalue weighted by Gasteiger charge is -2.31. The number of hydrogen-bond donors (Lipinski definition) is 1. The number of thiazole rings is 1. The van der Waals surface area contributed by atoms with E-state index >= 15 is 0 Å². The summed E-state index contributed by atoms with van der Waals surface area (Å²) in [4.78, 5) is 33.0. The summed E-state index contributed by atoms with van der Waals surface area (Å²) < 4.78 is 4.90. The summed E-state index contributed by atoms with van der Waals surface area (Å²) in [6.45, 7) is 3.86. The highest BCUT2D eigenvalue weighted by atomic mass is 32.1. The van der Waals surface area contributed by atoms with Gasteiger partial charge in [-0.2, -0.15) is 0 Å². The highest BCUT2D eigenvalue weighted by molar-refractivity contribution is 7.13. The molecule has 25 heavy (non-hydrogen) atoms. The van der Waals surface area contributed by atoms with E-state index in [0.29, 0.717) is 19.6 Å². The molecule has 0 radical (unpaired) electrons. The van der Waals surface area contributed by atoms with E-state index in [1.54, 1.807) is 16.2 Å². The van der Waals surface area contributed by atoms with E-state index in [0.717, 1.165) is 36.8 Å². The van der Waals surface area contributed by atoms with Crippen LogP contribution in [0.5, 0.6) is 0 Å². The van der Waals surface area contributed by atoms with Crippen molar-refractivity contribution in [2.24, 2.45) is 5.92 Å². The molecular weight excluding hydrogens is 340 g/mol. The van der Waals surface area contributed by atoms with Gasteiger partial charge in [-0.15, -0.1) is 11.3 Å². The topological polar surface area (TPSA) is 74.8 Å². The molecule has 2 aliphatic heterocycles. The van der Waals surface area contributed by atoms with Crippen LogP contribution in [0.3, 0.4) is 0 Å². The largest absolute Gasteiger partial charge is 0.375 e. The van der Waals surface area contributed by atoms with Gasteiger partial charge in [0.2, 0.25) is 11.8 Å². The predicted octanol–water partition coefficient (Wildman–Crippen LogP) is 1.24. The van der Waals surface area contributed by atoms with Crippen LogP contribution in [0, 0.1) is 5.92 Å². The van der Waals surface area contributed by atoms with Crippen LogP contribution < -0.4 is 10.2 Å². The number of aromatic nitrogens is 1. The summed E-state index contributed by atoms with van der Waals surface area (Å²) >= 11 is 1.64. The fraction of sp³-hybridized carbons (Fsp3) is 0.706. The molecule has 0 aromatic carbocycles. The van der Waals surface area contributed by atoms with E-state index < -0.39 is 0 Å². The van der Waals surface area contributed by atoms with Gasteiger partial charge < -0.3 is 19.9 Å². The van der Waals surface area contributed by atoms with Crippen molar-refractivity contribution in [3.8, 4) is 0 Å². The molecule has 7 nitrogen and oxygen atoms in total. The molecular formula is C17H26N4O3S. The Hall–Kier alpha value is -1.67. The number of amides is 2. The predicted molar refractivity (Wildman–Crippen MR) is 96.6 cm³/mol. The number of methoxy groups -OCH3 is 1. The number of hydrogen-bond acceptors (Lipinski definition) is 6. The quantitative estimate of drug-likeness (QED) is 0.820. The highest BCUT2D eigenvalue weighted by Crippen LogP contribution is 2.24. The van der Waals surface area contributed by atoms with Gasteiger partial charge in [0.05, 0.1) is 18.2 Å². The molecule has 2 fully saturated rings. The molecule has 0 aliphatic carbocycles. The average Bonchev–Trinajstić information content (AvgIpc) is 3.31. The molecule has 1 N–H and O–H groups in total. The third kappa shape index (κ3) is 4.70. The van der Waals surface area contributed by atoms with Crippen molar-refractivity contribution in [3.63, 3.8) is 0 Å². The molecule has 0 unspecified atom stereocenters. The molecule has 2 saturated heterocycles. The minimum Gasteiger partial charge on any atom is -0.375 e. The van der Waals surface area contributed by atoms with Gasteiger partial charge in [-0.1, -0.05) is 0 Å². The summed E-state index contributed by atoms with van der Waals surface area (Å²) in [5.74, 6) is -0.188. The second-order valence-corrected chi connectivity index (χ2v) is 7.48. The van der Waals surface area contributed by atoms with Crippen molar-refractivity contribution in [1.82, 2.24) is 15.2 Å². The Morgan fingerprint density at radius 1 is 1.32 bits per heavy atom. The maximum absolute atomic E-state index is 12.4. The van der Waals surface area contributed by atoms with E-state index in [2.05, 4.69) is 15.2 Å². The zero-order chi connectivity index (χ0) is 17.6. The third-order valence-electron chi connectivity index (χ3n) is 4.77. The fourth-order valence-electron chi connectivity index (χ4n) is 3.39. The van der Waals surface area contributed by atoms with Gasteiger partial charge in [0.1, 0.15) is 6.61 Å². The van der Waals surface area contributed by atoms with Crippen LogP contribution in [0.15, 0.2) is 5.38 Å². The second kappa shape index (κ2) is 8.62. The molecule has 1 atom stereocenters. The van der Waals surface area contributed by atoms with Gasteiger partial charge >= 0.3 is 0 Å². The average molecular weight is 366 g/mol. The van der Waals surface area contributed by atoms with E-state index in [1.807, 2.05) is 5.38 Å². The fourth-order valence-corrected chi connectivity index (χ4v) is 4.26. The second-order valence-electron chi connectivity index (χ2n) is 6.65. The van der Waals surface area contributed by atoms with Gasteiger partial charge in [0.15, 0.2) is 5.13 Å². The molecule has 2 amide bonds. The number of carbonyl (C=O) groups excluding carboxylic acids is 2. The smallest absolute Gasteiger partial charge is 0.248 e. The zero-order valence-corrected chi connectivity index (χ0v) is 15.5. The van der Waals surface area contributed by atoms with Gasteiger partial charge in [-0.3, -0.25) is 9.59 Å². The maximum atomic E-state index is 12.4. The number of piperidine rings is 1. The lowest BCUT2D eigenvalue weighted by molar-refractivity contribution is -0.139. The lowest BCUT2D eigenvalue weighted by atomic mass is 9.97. The Morgan fingerprint density at radius 2 is 2.12 bits per heavy atom. The Labute approximate surface area is 152 Å². The van der Waals surface area contributed by atoms with E-state index in [9.17, 15) is 9.59 Å². The first-order valence-corrected chi connectivity index (χ1v) is 9.79. The normalized spacial score (nSPS) is 20.8. The lowest BCUT2D eigenvalue weighted by Crippen LogP contribution is -2.46. The Bertz CT molecular complexity index is 600. The molecule has 3 rings (SSSR count). The van der Waals surface area contributed by atoms with Crippen LogP contribution >= 0.6 is 11.3 Å². The maximum Gasteiger partial charge on any atom is 0.248 e. The molecule has 0 spiro atoms. The van der Waals surface area contributed by atoms with E-state index in [4.69, 9.17) is 4.74 Å². The monoisotopic (exact) mass is 366 g/mol. The van der Waals surface area contributed by atoms with Gasteiger partial charge in [-0.25, -0.2) is 4.98 Å². The summed E-state index contributed by atoms with van der Waals surface area (Å²) in [5, 5.41) is 6.05. The molecule has 0 saturated carbocycles. The van der Waals surface area contributed by atoms with Crippen molar-refractivity contribution in [3.05, 3.63) is 11.1 Å². The minimum atomic E-state index is -0.147. The van der Waals surface area contributed by atoms with Crippen LogP contribution in [-0.4, -0.2) is 61.6 Å². The summed E-state index contributed by atoms with van der Waals surface area (Å²) in [7, 11) is 1.51. The Kier molecular flexibility index (Phi) is 6.25. The van der Waals surface area contributed by atoms with Gasteiger partial charge in [-0.05, 0) is 25.7 Å². The first-order valence-electron chi connectivity index (χ1n) is 8.91. The minimum absolute atomic E-state index is 0.00522. The SMILES string of the molecule is COCC(=O)N1CCC[C@@H](C(=O)NCc2csc(N3CCCC3)n2)C1. The Balaban J connectivity index is 1.48. The first kappa shape index (κ1) is 18.1. The number of likely N-dealkylation sites (tertiary alicyclic amines) is 1. The van der Waals surface area contributed by atoms with Crippen molar-refractivity contribution in [2.75, 3.05) is 44.8 Å². The van der Waals surface area contributed by atoms with Crippen LogP contribution in [-0.2, 0) is 20.9 Å². The van der Waals surface area contributed by atoms with Crippen LogP contribution in [0.25, 0.3) is 0 Å². The van der Waals surface area contributed by atoms with Crippen molar-refractivity contribution in [2.45, 2.75) is 32.2 Å². The third-order valence-corrected chi connectivity index (χ3v) is 5.72. The number of nitrogens with one attached hydrogen (secondary N) is 1. The van der Waals surface area contributed by atoms with Crippen LogP contribution in [0.4, 0.5) is 5.13 Å². The molecule has 2 aliphatic rings. The number of anilines is 1. The van der Waals surface area contributed by atoms with E-state index in [-0.39, 0.29) is 24.3 Å². The summed E-state index contributed by atoms with van der Waals surface area (Å²) in [6.07, 6.45) is 4.12. The molecule has 138 valence electrons. The van der Waals surface area contributed by atoms with Crippen LogP contribution in [0.2, 0.25) is 0 Å². The van der Waals surface area contributed by atoms with Gasteiger partial charge in [0.25, 0.3) is 0 Å². The number of carbonyl (C=O) groups is 2. The van der Waals surface area contributed by atoms with Crippen molar-refractivity contribution >= 4 is 28.3 Å².